The molecule has 0 saturated carbocycles. The monoisotopic (exact) mass is 214 g/mol. The lowest BCUT2D eigenvalue weighted by atomic mass is 10.1. The number of methoxy groups -OCH3 is 1. The van der Waals surface area contributed by atoms with Gasteiger partial charge in [-0.05, 0) is 34.0 Å². The van der Waals surface area contributed by atoms with Crippen LogP contribution in [0, 0.1) is 0 Å². The smallest absolute Gasteiger partial charge is 0.136 e. The van der Waals surface area contributed by atoms with Crippen molar-refractivity contribution in [1.82, 2.24) is 0 Å². The minimum absolute atomic E-state index is 0.954. The molecule has 0 atom stereocenters. The van der Waals surface area contributed by atoms with E-state index in [9.17, 15) is 0 Å². The Bertz CT molecular complexity index is 245. The maximum atomic E-state index is 5.22. The Balaban J connectivity index is 3.13. The fraction of sp³-hybridized carbons (Fsp3) is 0.333. The average molecular weight is 215 g/mol. The molecule has 1 rings (SSSR count). The van der Waals surface area contributed by atoms with Crippen molar-refractivity contribution in [3.05, 3.63) is 28.2 Å². The zero-order valence-corrected chi connectivity index (χ0v) is 8.31. The van der Waals surface area contributed by atoms with Crippen LogP contribution in [0.3, 0.4) is 0 Å². The minimum atomic E-state index is 0.954. The SMILES string of the molecule is CCc1cccc(Br)c1OC. The number of hydrogen-bond acceptors (Lipinski definition) is 1. The summed E-state index contributed by atoms with van der Waals surface area (Å²) in [6.07, 6.45) is 1.00. The van der Waals surface area contributed by atoms with Crippen LogP contribution in [0.2, 0.25) is 0 Å². The van der Waals surface area contributed by atoms with E-state index >= 15 is 0 Å². The first-order valence-corrected chi connectivity index (χ1v) is 4.40. The molecule has 60 valence electrons. The van der Waals surface area contributed by atoms with E-state index in [1.54, 1.807) is 7.11 Å². The molecule has 0 fully saturated rings. The van der Waals surface area contributed by atoms with E-state index in [4.69, 9.17) is 4.74 Å². The molecular formula is C9H11BrO. The fourth-order valence-electron chi connectivity index (χ4n) is 1.06. The predicted octanol–water partition coefficient (Wildman–Crippen LogP) is 3.02. The van der Waals surface area contributed by atoms with Gasteiger partial charge in [-0.3, -0.25) is 0 Å². The van der Waals surface area contributed by atoms with Gasteiger partial charge < -0.3 is 4.74 Å². The molecule has 1 aromatic carbocycles. The molecule has 0 spiro atoms. The molecule has 0 unspecified atom stereocenters. The van der Waals surface area contributed by atoms with Crippen molar-refractivity contribution in [2.45, 2.75) is 13.3 Å². The van der Waals surface area contributed by atoms with E-state index < -0.39 is 0 Å². The highest BCUT2D eigenvalue weighted by molar-refractivity contribution is 9.10. The van der Waals surface area contributed by atoms with Crippen LogP contribution < -0.4 is 4.74 Å². The molecule has 0 aliphatic heterocycles. The fourth-order valence-corrected chi connectivity index (χ4v) is 1.63. The van der Waals surface area contributed by atoms with Crippen LogP contribution in [0.4, 0.5) is 0 Å². The summed E-state index contributed by atoms with van der Waals surface area (Å²) in [7, 11) is 1.69. The number of aryl methyl sites for hydroxylation is 1. The van der Waals surface area contributed by atoms with Crippen molar-refractivity contribution in [2.24, 2.45) is 0 Å². The third-order valence-corrected chi connectivity index (χ3v) is 2.26. The molecule has 1 nitrogen and oxygen atoms in total. The van der Waals surface area contributed by atoms with Crippen LogP contribution >= 0.6 is 15.9 Å². The molecule has 0 bridgehead atoms. The van der Waals surface area contributed by atoms with Crippen molar-refractivity contribution >= 4 is 15.9 Å². The first-order valence-electron chi connectivity index (χ1n) is 3.61. The van der Waals surface area contributed by atoms with E-state index in [0.717, 1.165) is 16.6 Å². The van der Waals surface area contributed by atoms with Gasteiger partial charge in [-0.1, -0.05) is 19.1 Å². The molecule has 11 heavy (non-hydrogen) atoms. The van der Waals surface area contributed by atoms with Crippen LogP contribution in [0.15, 0.2) is 22.7 Å². The molecule has 1 aromatic rings. The van der Waals surface area contributed by atoms with Crippen molar-refractivity contribution in [1.29, 1.82) is 0 Å². The molecule has 0 aromatic heterocycles. The number of halogens is 1. The van der Waals surface area contributed by atoms with Crippen LogP contribution in [-0.4, -0.2) is 7.11 Å². The van der Waals surface area contributed by atoms with Crippen LogP contribution in [0.5, 0.6) is 5.75 Å². The number of rotatable bonds is 2. The first-order chi connectivity index (χ1) is 5.29. The van der Waals surface area contributed by atoms with Gasteiger partial charge in [0.15, 0.2) is 0 Å². The Morgan fingerprint density at radius 1 is 1.45 bits per heavy atom. The highest BCUT2D eigenvalue weighted by Gasteiger charge is 2.03. The normalized spacial score (nSPS) is 9.73. The molecule has 0 N–H and O–H groups in total. The maximum absolute atomic E-state index is 5.22. The van der Waals surface area contributed by atoms with Crippen LogP contribution in [0.25, 0.3) is 0 Å². The molecule has 2 heteroatoms. The highest BCUT2D eigenvalue weighted by atomic mass is 79.9. The van der Waals surface area contributed by atoms with Crippen molar-refractivity contribution in [3.8, 4) is 5.75 Å². The second-order valence-electron chi connectivity index (χ2n) is 2.29. The second kappa shape index (κ2) is 3.77. The summed E-state index contributed by atoms with van der Waals surface area (Å²) in [5, 5.41) is 0. The van der Waals surface area contributed by atoms with Gasteiger partial charge in [0.2, 0.25) is 0 Å². The number of hydrogen-bond donors (Lipinski definition) is 0. The summed E-state index contributed by atoms with van der Waals surface area (Å²) in [5.41, 5.74) is 1.24. The van der Waals surface area contributed by atoms with Crippen molar-refractivity contribution in [3.63, 3.8) is 0 Å². The lowest BCUT2D eigenvalue weighted by molar-refractivity contribution is 0.407. The topological polar surface area (TPSA) is 9.23 Å². The third kappa shape index (κ3) is 1.74. The van der Waals surface area contributed by atoms with E-state index in [-0.39, 0.29) is 0 Å². The third-order valence-electron chi connectivity index (χ3n) is 1.63. The highest BCUT2D eigenvalue weighted by Crippen LogP contribution is 2.28. The summed E-state index contributed by atoms with van der Waals surface area (Å²) in [6.45, 7) is 2.12. The zero-order chi connectivity index (χ0) is 8.27. The Kier molecular flexibility index (Phi) is 2.94. The Hall–Kier alpha value is -0.500. The average Bonchev–Trinajstić information content (AvgIpc) is 2.04. The Labute approximate surface area is 75.5 Å². The molecular weight excluding hydrogens is 204 g/mol. The summed E-state index contributed by atoms with van der Waals surface area (Å²) >= 11 is 3.42. The number of benzene rings is 1. The van der Waals surface area contributed by atoms with Gasteiger partial charge in [0.25, 0.3) is 0 Å². The Morgan fingerprint density at radius 3 is 2.64 bits per heavy atom. The Morgan fingerprint density at radius 2 is 2.18 bits per heavy atom. The van der Waals surface area contributed by atoms with E-state index in [2.05, 4.69) is 28.9 Å². The second-order valence-corrected chi connectivity index (χ2v) is 3.14. The predicted molar refractivity (Wildman–Crippen MR) is 50.1 cm³/mol. The maximum Gasteiger partial charge on any atom is 0.136 e. The lowest BCUT2D eigenvalue weighted by Gasteiger charge is -2.07. The van der Waals surface area contributed by atoms with Crippen LogP contribution in [-0.2, 0) is 6.42 Å². The van der Waals surface area contributed by atoms with Gasteiger partial charge in [-0.15, -0.1) is 0 Å². The molecule has 0 aliphatic carbocycles. The lowest BCUT2D eigenvalue weighted by Crippen LogP contribution is -1.90. The van der Waals surface area contributed by atoms with E-state index in [0.29, 0.717) is 0 Å². The molecule has 0 amide bonds. The largest absolute Gasteiger partial charge is 0.495 e. The minimum Gasteiger partial charge on any atom is -0.495 e. The zero-order valence-electron chi connectivity index (χ0n) is 6.73. The first kappa shape index (κ1) is 8.60. The quantitative estimate of drug-likeness (QED) is 0.736. The molecule has 0 radical (unpaired) electrons. The number of para-hydroxylation sites is 1. The summed E-state index contributed by atoms with van der Waals surface area (Å²) in [5.74, 6) is 0.954. The van der Waals surface area contributed by atoms with Gasteiger partial charge in [0, 0.05) is 0 Å². The summed E-state index contributed by atoms with van der Waals surface area (Å²) in [6, 6.07) is 6.08. The van der Waals surface area contributed by atoms with Gasteiger partial charge in [-0.25, -0.2) is 0 Å². The van der Waals surface area contributed by atoms with Crippen molar-refractivity contribution in [2.75, 3.05) is 7.11 Å². The van der Waals surface area contributed by atoms with Crippen molar-refractivity contribution < 1.29 is 4.74 Å². The van der Waals surface area contributed by atoms with Gasteiger partial charge in [0.05, 0.1) is 11.6 Å². The van der Waals surface area contributed by atoms with Gasteiger partial charge >= 0.3 is 0 Å². The molecule has 0 aliphatic rings. The van der Waals surface area contributed by atoms with E-state index in [1.165, 1.54) is 5.56 Å². The van der Waals surface area contributed by atoms with Gasteiger partial charge in [-0.2, -0.15) is 0 Å². The summed E-state index contributed by atoms with van der Waals surface area (Å²) < 4.78 is 6.25. The molecule has 0 saturated heterocycles. The standard InChI is InChI=1S/C9H11BrO/c1-3-7-5-4-6-8(10)9(7)11-2/h4-6H,3H2,1-2H3. The summed E-state index contributed by atoms with van der Waals surface area (Å²) in [4.78, 5) is 0. The van der Waals surface area contributed by atoms with Gasteiger partial charge in [0.1, 0.15) is 5.75 Å². The van der Waals surface area contributed by atoms with Crippen LogP contribution in [0.1, 0.15) is 12.5 Å². The number of ether oxygens (including phenoxy) is 1. The molecule has 0 heterocycles. The van der Waals surface area contributed by atoms with E-state index in [1.807, 2.05) is 12.1 Å².